The molecule has 7 heteroatoms. The maximum absolute atomic E-state index is 12.6. The van der Waals surface area contributed by atoms with E-state index in [0.29, 0.717) is 17.0 Å². The second kappa shape index (κ2) is 10.6. The van der Waals surface area contributed by atoms with Crippen molar-refractivity contribution in [3.63, 3.8) is 0 Å². The topological polar surface area (TPSA) is 87.3 Å². The van der Waals surface area contributed by atoms with Crippen molar-refractivity contribution in [1.29, 1.82) is 0 Å². The molecule has 0 aliphatic rings. The van der Waals surface area contributed by atoms with E-state index in [9.17, 15) is 14.4 Å². The van der Waals surface area contributed by atoms with Crippen molar-refractivity contribution in [2.24, 2.45) is 5.92 Å². The highest BCUT2D eigenvalue weighted by atomic mass is 35.5. The Labute approximate surface area is 176 Å². The van der Waals surface area contributed by atoms with Gasteiger partial charge in [0.25, 0.3) is 11.8 Å². The predicted molar refractivity (Wildman–Crippen MR) is 113 cm³/mol. The summed E-state index contributed by atoms with van der Waals surface area (Å²) in [6.45, 7) is 5.75. The van der Waals surface area contributed by atoms with Crippen LogP contribution in [0.5, 0.6) is 0 Å². The summed E-state index contributed by atoms with van der Waals surface area (Å²) in [7, 11) is 0. The molecule has 0 spiro atoms. The zero-order chi connectivity index (χ0) is 21.4. The van der Waals surface area contributed by atoms with Gasteiger partial charge in [0.15, 0.2) is 0 Å². The molecule has 2 rings (SSSR count). The second-order valence-electron chi connectivity index (χ2n) is 7.31. The average Bonchev–Trinajstić information content (AvgIpc) is 2.67. The van der Waals surface area contributed by atoms with Crippen LogP contribution in [0.25, 0.3) is 0 Å². The second-order valence-corrected chi connectivity index (χ2v) is 7.75. The molecule has 0 aliphatic heterocycles. The van der Waals surface area contributed by atoms with Crippen LogP contribution >= 0.6 is 11.6 Å². The van der Waals surface area contributed by atoms with E-state index in [1.54, 1.807) is 36.4 Å². The van der Waals surface area contributed by atoms with Gasteiger partial charge in [-0.1, -0.05) is 55.8 Å². The Morgan fingerprint density at radius 3 is 2.24 bits per heavy atom. The van der Waals surface area contributed by atoms with Gasteiger partial charge >= 0.3 is 0 Å². The first-order valence-corrected chi connectivity index (χ1v) is 9.83. The molecule has 3 amide bonds. The predicted octanol–water partition coefficient (Wildman–Crippen LogP) is 3.18. The third-order valence-electron chi connectivity index (χ3n) is 4.32. The summed E-state index contributed by atoms with van der Waals surface area (Å²) in [4.78, 5) is 37.2. The summed E-state index contributed by atoms with van der Waals surface area (Å²) in [6.07, 6.45) is 0.540. The molecular weight excluding hydrogens is 390 g/mol. The Kier molecular flexibility index (Phi) is 8.21. The zero-order valence-electron chi connectivity index (χ0n) is 16.8. The van der Waals surface area contributed by atoms with Crippen LogP contribution < -0.4 is 16.2 Å². The Morgan fingerprint density at radius 2 is 1.62 bits per heavy atom. The Balaban J connectivity index is 1.95. The first-order valence-electron chi connectivity index (χ1n) is 9.46. The monoisotopic (exact) mass is 415 g/mol. The van der Waals surface area contributed by atoms with E-state index < -0.39 is 11.9 Å². The van der Waals surface area contributed by atoms with E-state index in [1.165, 1.54) is 0 Å². The number of amides is 3. The van der Waals surface area contributed by atoms with E-state index in [4.69, 9.17) is 11.6 Å². The molecule has 0 bridgehead atoms. The molecule has 0 saturated carbocycles. The minimum absolute atomic E-state index is 0.0991. The summed E-state index contributed by atoms with van der Waals surface area (Å²) >= 11 is 5.83. The highest BCUT2D eigenvalue weighted by Gasteiger charge is 2.23. The fraction of sp³-hybridized carbons (Fsp3) is 0.318. The van der Waals surface area contributed by atoms with Gasteiger partial charge < -0.3 is 5.32 Å². The van der Waals surface area contributed by atoms with Gasteiger partial charge in [-0.3, -0.25) is 25.2 Å². The van der Waals surface area contributed by atoms with Crippen molar-refractivity contribution in [3.05, 3.63) is 70.2 Å². The van der Waals surface area contributed by atoms with Gasteiger partial charge in [-0.15, -0.1) is 0 Å². The number of carbonyl (C=O) groups excluding carboxylic acids is 3. The molecular formula is C22H26ClN3O3. The van der Waals surface area contributed by atoms with Crippen LogP contribution in [0.4, 0.5) is 0 Å². The third kappa shape index (κ3) is 7.23. The van der Waals surface area contributed by atoms with E-state index in [1.807, 2.05) is 32.9 Å². The van der Waals surface area contributed by atoms with E-state index in [2.05, 4.69) is 16.2 Å². The van der Waals surface area contributed by atoms with Crippen molar-refractivity contribution in [3.8, 4) is 0 Å². The molecule has 0 fully saturated rings. The molecule has 6 nitrogen and oxygen atoms in total. The van der Waals surface area contributed by atoms with E-state index >= 15 is 0 Å². The summed E-state index contributed by atoms with van der Waals surface area (Å²) in [5.74, 6) is -0.983. The SMILES string of the molecule is Cc1ccccc1C(=O)NC(CC(C)C)C(=O)NNC(=O)Cc1ccc(Cl)cc1. The Morgan fingerprint density at radius 1 is 0.966 bits per heavy atom. The van der Waals surface area contributed by atoms with Gasteiger partial charge in [0, 0.05) is 10.6 Å². The Hall–Kier alpha value is -2.86. The maximum Gasteiger partial charge on any atom is 0.260 e. The lowest BCUT2D eigenvalue weighted by Gasteiger charge is -2.21. The average molecular weight is 416 g/mol. The molecule has 3 N–H and O–H groups in total. The first kappa shape index (κ1) is 22.4. The molecule has 0 radical (unpaired) electrons. The summed E-state index contributed by atoms with van der Waals surface area (Å²) in [5.41, 5.74) is 6.92. The number of benzene rings is 2. The van der Waals surface area contributed by atoms with Crippen molar-refractivity contribution in [2.45, 2.75) is 39.7 Å². The largest absolute Gasteiger partial charge is 0.340 e. The third-order valence-corrected chi connectivity index (χ3v) is 4.57. The number of halogens is 1. The molecule has 1 unspecified atom stereocenters. The smallest absolute Gasteiger partial charge is 0.260 e. The first-order chi connectivity index (χ1) is 13.8. The van der Waals surface area contributed by atoms with Gasteiger partial charge in [-0.2, -0.15) is 0 Å². The molecule has 0 aromatic heterocycles. The van der Waals surface area contributed by atoms with Crippen LogP contribution in [0.2, 0.25) is 5.02 Å². The zero-order valence-corrected chi connectivity index (χ0v) is 17.5. The maximum atomic E-state index is 12.6. The number of carbonyl (C=O) groups is 3. The van der Waals surface area contributed by atoms with Gasteiger partial charge in [0.1, 0.15) is 6.04 Å². The van der Waals surface area contributed by atoms with Gasteiger partial charge in [0.05, 0.1) is 6.42 Å². The lowest BCUT2D eigenvalue weighted by Crippen LogP contribution is -2.53. The highest BCUT2D eigenvalue weighted by molar-refractivity contribution is 6.30. The van der Waals surface area contributed by atoms with Crippen molar-refractivity contribution < 1.29 is 14.4 Å². The molecule has 1 atom stereocenters. The molecule has 0 aliphatic carbocycles. The minimum atomic E-state index is -0.766. The van der Waals surface area contributed by atoms with Crippen LogP contribution in [-0.2, 0) is 16.0 Å². The molecule has 0 saturated heterocycles. The molecule has 2 aromatic rings. The number of rotatable bonds is 7. The van der Waals surface area contributed by atoms with Crippen LogP contribution in [0.3, 0.4) is 0 Å². The highest BCUT2D eigenvalue weighted by Crippen LogP contribution is 2.11. The van der Waals surface area contributed by atoms with Gasteiger partial charge in [0.2, 0.25) is 5.91 Å². The van der Waals surface area contributed by atoms with Crippen molar-refractivity contribution in [2.75, 3.05) is 0 Å². The minimum Gasteiger partial charge on any atom is -0.340 e. The lowest BCUT2D eigenvalue weighted by molar-refractivity contribution is -0.129. The summed E-state index contributed by atoms with van der Waals surface area (Å²) in [5, 5.41) is 3.35. The Bertz CT molecular complexity index is 866. The fourth-order valence-electron chi connectivity index (χ4n) is 2.82. The lowest BCUT2D eigenvalue weighted by atomic mass is 10.0. The van der Waals surface area contributed by atoms with Crippen molar-refractivity contribution >= 4 is 29.3 Å². The number of hydrogen-bond acceptors (Lipinski definition) is 3. The number of aryl methyl sites for hydroxylation is 1. The van der Waals surface area contributed by atoms with Crippen LogP contribution in [0, 0.1) is 12.8 Å². The standard InChI is InChI=1S/C22H26ClN3O3/c1-14(2)12-19(24-21(28)18-7-5-4-6-15(18)3)22(29)26-25-20(27)13-16-8-10-17(23)11-9-16/h4-11,14,19H,12-13H2,1-3H3,(H,24,28)(H,25,27)(H,26,29). The van der Waals surface area contributed by atoms with Gasteiger partial charge in [-0.05, 0) is 48.6 Å². The molecule has 29 heavy (non-hydrogen) atoms. The normalized spacial score (nSPS) is 11.6. The van der Waals surface area contributed by atoms with Crippen LogP contribution in [-0.4, -0.2) is 23.8 Å². The van der Waals surface area contributed by atoms with Gasteiger partial charge in [-0.25, -0.2) is 0 Å². The fourth-order valence-corrected chi connectivity index (χ4v) is 2.94. The quantitative estimate of drug-likeness (QED) is 0.607. The van der Waals surface area contributed by atoms with Crippen LogP contribution in [0.15, 0.2) is 48.5 Å². The summed E-state index contributed by atoms with van der Waals surface area (Å²) in [6, 6.07) is 13.3. The number of hydrazine groups is 1. The number of hydrogen-bond donors (Lipinski definition) is 3. The van der Waals surface area contributed by atoms with Crippen LogP contribution in [0.1, 0.15) is 41.8 Å². The molecule has 154 valence electrons. The van der Waals surface area contributed by atoms with E-state index in [-0.39, 0.29) is 24.2 Å². The number of nitrogens with one attached hydrogen (secondary N) is 3. The van der Waals surface area contributed by atoms with Crippen molar-refractivity contribution in [1.82, 2.24) is 16.2 Å². The molecule has 2 aromatic carbocycles. The molecule has 0 heterocycles. The summed E-state index contributed by atoms with van der Waals surface area (Å²) < 4.78 is 0. The van der Waals surface area contributed by atoms with E-state index in [0.717, 1.165) is 11.1 Å².